The van der Waals surface area contributed by atoms with Gasteiger partial charge in [-0.25, -0.2) is 9.78 Å². The van der Waals surface area contributed by atoms with Crippen molar-refractivity contribution in [2.75, 3.05) is 5.32 Å². The summed E-state index contributed by atoms with van der Waals surface area (Å²) in [7, 11) is 0. The Labute approximate surface area is 99.2 Å². The van der Waals surface area contributed by atoms with Crippen LogP contribution in [0.4, 0.5) is 10.5 Å². The fraction of sp³-hybridized carbons (Fsp3) is 0.333. The molecule has 0 aliphatic carbocycles. The molecule has 0 saturated heterocycles. The highest BCUT2D eigenvalue weighted by molar-refractivity contribution is 5.88. The van der Waals surface area contributed by atoms with Crippen molar-refractivity contribution in [2.45, 2.75) is 26.4 Å². The van der Waals surface area contributed by atoms with Gasteiger partial charge in [-0.15, -0.1) is 0 Å². The molecule has 17 heavy (non-hydrogen) atoms. The van der Waals surface area contributed by atoms with Crippen LogP contribution in [0.5, 0.6) is 0 Å². The van der Waals surface area contributed by atoms with E-state index in [9.17, 15) is 4.79 Å². The monoisotopic (exact) mass is 233 g/mol. The van der Waals surface area contributed by atoms with E-state index < -0.39 is 11.7 Å². The Kier molecular flexibility index (Phi) is 2.75. The molecule has 0 unspecified atom stereocenters. The van der Waals surface area contributed by atoms with Crippen molar-refractivity contribution in [1.82, 2.24) is 9.97 Å². The van der Waals surface area contributed by atoms with Crippen LogP contribution in [-0.2, 0) is 4.74 Å². The fourth-order valence-corrected chi connectivity index (χ4v) is 1.43. The average Bonchev–Trinajstić information content (AvgIpc) is 2.61. The number of aromatic nitrogens is 2. The summed E-state index contributed by atoms with van der Waals surface area (Å²) in [5, 5.41) is 2.67. The van der Waals surface area contributed by atoms with Gasteiger partial charge >= 0.3 is 6.09 Å². The van der Waals surface area contributed by atoms with E-state index in [4.69, 9.17) is 4.74 Å². The van der Waals surface area contributed by atoms with Crippen LogP contribution in [0.15, 0.2) is 24.5 Å². The summed E-state index contributed by atoms with van der Waals surface area (Å²) >= 11 is 0. The third kappa shape index (κ3) is 2.96. The van der Waals surface area contributed by atoms with Crippen LogP contribution in [0.3, 0.4) is 0 Å². The van der Waals surface area contributed by atoms with Gasteiger partial charge in [0.25, 0.3) is 0 Å². The highest BCUT2D eigenvalue weighted by Crippen LogP contribution is 2.16. The zero-order valence-electron chi connectivity index (χ0n) is 10.1. The van der Waals surface area contributed by atoms with E-state index >= 15 is 0 Å². The van der Waals surface area contributed by atoms with Gasteiger partial charge in [-0.2, -0.15) is 0 Å². The Morgan fingerprint density at radius 3 is 2.88 bits per heavy atom. The van der Waals surface area contributed by atoms with E-state index in [1.54, 1.807) is 18.5 Å². The number of ether oxygens (including phenoxy) is 1. The summed E-state index contributed by atoms with van der Waals surface area (Å²) in [5.74, 6) is 0. The molecule has 0 saturated carbocycles. The summed E-state index contributed by atoms with van der Waals surface area (Å²) in [5.41, 5.74) is 1.90. The van der Waals surface area contributed by atoms with Crippen LogP contribution in [0.25, 0.3) is 11.0 Å². The number of nitrogens with one attached hydrogen (secondary N) is 2. The van der Waals surface area contributed by atoms with Crippen molar-refractivity contribution in [1.29, 1.82) is 0 Å². The SMILES string of the molecule is CC(C)(C)OC(=O)Nc1ccc2[nH]cnc2c1. The van der Waals surface area contributed by atoms with Crippen molar-refractivity contribution in [3.63, 3.8) is 0 Å². The number of imidazole rings is 1. The molecular formula is C12H15N3O2. The number of carbonyl (C=O) groups excluding carboxylic acids is 1. The molecule has 1 aromatic heterocycles. The molecule has 0 radical (unpaired) electrons. The summed E-state index contributed by atoms with van der Waals surface area (Å²) in [6.45, 7) is 5.47. The van der Waals surface area contributed by atoms with Crippen molar-refractivity contribution < 1.29 is 9.53 Å². The first-order valence-electron chi connectivity index (χ1n) is 5.37. The average molecular weight is 233 g/mol. The molecule has 2 N–H and O–H groups in total. The van der Waals surface area contributed by atoms with Crippen LogP contribution >= 0.6 is 0 Å². The highest BCUT2D eigenvalue weighted by atomic mass is 16.6. The second-order valence-corrected chi connectivity index (χ2v) is 4.76. The quantitative estimate of drug-likeness (QED) is 0.795. The number of hydrogen-bond donors (Lipinski definition) is 2. The van der Waals surface area contributed by atoms with Crippen molar-refractivity contribution in [3.8, 4) is 0 Å². The van der Waals surface area contributed by atoms with Gasteiger partial charge in [-0.1, -0.05) is 0 Å². The van der Waals surface area contributed by atoms with Crippen LogP contribution in [0.2, 0.25) is 0 Å². The molecule has 0 fully saturated rings. The number of H-pyrrole nitrogens is 1. The smallest absolute Gasteiger partial charge is 0.412 e. The number of amides is 1. The lowest BCUT2D eigenvalue weighted by molar-refractivity contribution is 0.0636. The molecule has 90 valence electrons. The van der Waals surface area contributed by atoms with Crippen LogP contribution in [0.1, 0.15) is 20.8 Å². The normalized spacial score (nSPS) is 11.5. The van der Waals surface area contributed by atoms with Crippen LogP contribution < -0.4 is 5.32 Å². The largest absolute Gasteiger partial charge is 0.444 e. The maximum absolute atomic E-state index is 11.5. The summed E-state index contributed by atoms with van der Waals surface area (Å²) in [4.78, 5) is 18.6. The zero-order valence-corrected chi connectivity index (χ0v) is 10.1. The third-order valence-corrected chi connectivity index (χ3v) is 2.07. The second-order valence-electron chi connectivity index (χ2n) is 4.76. The maximum atomic E-state index is 11.5. The molecule has 0 spiro atoms. The zero-order chi connectivity index (χ0) is 12.5. The van der Waals surface area contributed by atoms with Crippen LogP contribution in [0, 0.1) is 0 Å². The van der Waals surface area contributed by atoms with Crippen LogP contribution in [-0.4, -0.2) is 21.7 Å². The predicted octanol–water partition coefficient (Wildman–Crippen LogP) is 2.91. The minimum atomic E-state index is -0.499. The second kappa shape index (κ2) is 4.08. The molecule has 2 aromatic rings. The topological polar surface area (TPSA) is 67.0 Å². The molecule has 1 aromatic carbocycles. The third-order valence-electron chi connectivity index (χ3n) is 2.07. The number of fused-ring (bicyclic) bond motifs is 1. The fourth-order valence-electron chi connectivity index (χ4n) is 1.43. The molecule has 2 rings (SSSR count). The molecule has 1 amide bonds. The first kappa shape index (κ1) is 11.4. The molecule has 5 heteroatoms. The first-order valence-corrected chi connectivity index (χ1v) is 5.37. The molecule has 0 bridgehead atoms. The standard InChI is InChI=1S/C12H15N3O2/c1-12(2,3)17-11(16)15-8-4-5-9-10(6-8)14-7-13-9/h4-7H,1-3H3,(H,13,14)(H,15,16). The molecule has 0 atom stereocenters. The predicted molar refractivity (Wildman–Crippen MR) is 66.0 cm³/mol. The Morgan fingerprint density at radius 2 is 2.18 bits per heavy atom. The Balaban J connectivity index is 2.10. The minimum absolute atomic E-state index is 0.465. The van der Waals surface area contributed by atoms with Gasteiger partial charge in [0.05, 0.1) is 17.4 Å². The number of rotatable bonds is 1. The van der Waals surface area contributed by atoms with E-state index in [1.807, 2.05) is 26.8 Å². The Morgan fingerprint density at radius 1 is 1.41 bits per heavy atom. The number of carbonyl (C=O) groups is 1. The van der Waals surface area contributed by atoms with Crippen molar-refractivity contribution in [3.05, 3.63) is 24.5 Å². The number of nitrogens with zero attached hydrogens (tertiary/aromatic N) is 1. The lowest BCUT2D eigenvalue weighted by Crippen LogP contribution is -2.27. The number of benzene rings is 1. The lowest BCUT2D eigenvalue weighted by Gasteiger charge is -2.19. The van der Waals surface area contributed by atoms with E-state index in [0.29, 0.717) is 5.69 Å². The lowest BCUT2D eigenvalue weighted by atomic mass is 10.2. The highest BCUT2D eigenvalue weighted by Gasteiger charge is 2.16. The van der Waals surface area contributed by atoms with E-state index in [1.165, 1.54) is 0 Å². The molecular weight excluding hydrogens is 218 g/mol. The van der Waals surface area contributed by atoms with E-state index in [0.717, 1.165) is 11.0 Å². The first-order chi connectivity index (χ1) is 7.94. The van der Waals surface area contributed by atoms with Gasteiger partial charge in [0.1, 0.15) is 5.60 Å². The summed E-state index contributed by atoms with van der Waals surface area (Å²) < 4.78 is 5.16. The maximum Gasteiger partial charge on any atom is 0.412 e. The number of hydrogen-bond acceptors (Lipinski definition) is 3. The molecule has 0 aliphatic rings. The molecule has 5 nitrogen and oxygen atoms in total. The van der Waals surface area contributed by atoms with Gasteiger partial charge in [0, 0.05) is 5.69 Å². The van der Waals surface area contributed by atoms with Gasteiger partial charge in [-0.05, 0) is 39.0 Å². The van der Waals surface area contributed by atoms with Gasteiger partial charge in [0.2, 0.25) is 0 Å². The summed E-state index contributed by atoms with van der Waals surface area (Å²) in [6.07, 6.45) is 1.15. The van der Waals surface area contributed by atoms with Gasteiger partial charge < -0.3 is 9.72 Å². The van der Waals surface area contributed by atoms with Gasteiger partial charge in [-0.3, -0.25) is 5.32 Å². The molecule has 1 heterocycles. The summed E-state index contributed by atoms with van der Waals surface area (Å²) in [6, 6.07) is 5.44. The van der Waals surface area contributed by atoms with Gasteiger partial charge in [0.15, 0.2) is 0 Å². The van der Waals surface area contributed by atoms with E-state index in [-0.39, 0.29) is 0 Å². The number of anilines is 1. The van der Waals surface area contributed by atoms with Crippen molar-refractivity contribution >= 4 is 22.8 Å². The van der Waals surface area contributed by atoms with Crippen molar-refractivity contribution in [2.24, 2.45) is 0 Å². The molecule has 0 aliphatic heterocycles. The Bertz CT molecular complexity index is 540. The Hall–Kier alpha value is -2.04. The minimum Gasteiger partial charge on any atom is -0.444 e. The number of aromatic amines is 1. The van der Waals surface area contributed by atoms with E-state index in [2.05, 4.69) is 15.3 Å².